The second kappa shape index (κ2) is 13.2. The molecule has 0 fully saturated rings. The number of rotatable bonds is 6. The lowest BCUT2D eigenvalue weighted by Crippen LogP contribution is -2.10. The summed E-state index contributed by atoms with van der Waals surface area (Å²) in [6.45, 7) is 0. The van der Waals surface area contributed by atoms with Gasteiger partial charge in [0.1, 0.15) is 11.2 Å². The zero-order chi connectivity index (χ0) is 37.0. The van der Waals surface area contributed by atoms with Crippen LogP contribution in [0.1, 0.15) is 0 Å². The van der Waals surface area contributed by atoms with Crippen LogP contribution in [0.3, 0.4) is 0 Å². The van der Waals surface area contributed by atoms with Crippen LogP contribution in [-0.4, -0.2) is 0 Å². The molecule has 11 aromatic rings. The number of nitrogens with zero attached hydrogens (tertiary/aromatic N) is 1. The molecule has 56 heavy (non-hydrogen) atoms. The van der Waals surface area contributed by atoms with Crippen molar-refractivity contribution in [2.45, 2.75) is 0 Å². The lowest BCUT2D eigenvalue weighted by Gasteiger charge is -2.26. The van der Waals surface area contributed by atoms with Crippen LogP contribution in [0.25, 0.3) is 87.6 Å². The Morgan fingerprint density at radius 2 is 0.839 bits per heavy atom. The molecule has 0 aliphatic rings. The summed E-state index contributed by atoms with van der Waals surface area (Å²) < 4.78 is 6.43. The summed E-state index contributed by atoms with van der Waals surface area (Å²) in [6.07, 6.45) is 0. The number of furan rings is 1. The second-order valence-electron chi connectivity index (χ2n) is 14.5. The van der Waals surface area contributed by atoms with E-state index in [1.807, 2.05) is 0 Å². The molecule has 2 nitrogen and oxygen atoms in total. The highest BCUT2D eigenvalue weighted by molar-refractivity contribution is 6.14. The van der Waals surface area contributed by atoms with Gasteiger partial charge < -0.3 is 9.32 Å². The molecule has 1 aromatic heterocycles. The van der Waals surface area contributed by atoms with Gasteiger partial charge in [-0.2, -0.15) is 0 Å². The fraction of sp³-hybridized carbons (Fsp3) is 0. The minimum atomic E-state index is 0.880. The van der Waals surface area contributed by atoms with Gasteiger partial charge in [-0.1, -0.05) is 146 Å². The first-order chi connectivity index (χ1) is 27.7. The van der Waals surface area contributed by atoms with Crippen molar-refractivity contribution >= 4 is 71.3 Å². The summed E-state index contributed by atoms with van der Waals surface area (Å²) in [5, 5.41) is 9.66. The van der Waals surface area contributed by atoms with Crippen LogP contribution in [-0.2, 0) is 0 Å². The highest BCUT2D eigenvalue weighted by atomic mass is 16.3. The smallest absolute Gasteiger partial charge is 0.136 e. The summed E-state index contributed by atoms with van der Waals surface area (Å²) in [7, 11) is 0. The highest BCUT2D eigenvalue weighted by Crippen LogP contribution is 2.42. The van der Waals surface area contributed by atoms with Gasteiger partial charge in [0, 0.05) is 27.8 Å². The van der Waals surface area contributed by atoms with Crippen molar-refractivity contribution in [1.29, 1.82) is 0 Å². The average Bonchev–Trinajstić information content (AvgIpc) is 3.62. The molecule has 0 bridgehead atoms. The van der Waals surface area contributed by atoms with Crippen molar-refractivity contribution in [3.05, 3.63) is 212 Å². The predicted octanol–water partition coefficient (Wildman–Crippen LogP) is 15.5. The third-order valence-corrected chi connectivity index (χ3v) is 11.2. The third kappa shape index (κ3) is 5.51. The molecule has 0 aliphatic carbocycles. The Kier molecular flexibility index (Phi) is 7.53. The standard InChI is InChI=1S/C54H35NO/c1-2-12-36(13-3-1)37-24-26-44(27-25-37)55(46-28-29-53-52(35-46)51-32-40-14-4-5-15-41(40)34-54(51)56-53)45-20-11-18-39(31-45)38-17-10-19-42(30-38)50-33-43-16-6-7-21-47(43)48-22-8-9-23-49(48)50/h1-35H. The van der Waals surface area contributed by atoms with Gasteiger partial charge in [0.25, 0.3) is 0 Å². The summed E-state index contributed by atoms with van der Waals surface area (Å²) in [6, 6.07) is 76.6. The van der Waals surface area contributed by atoms with Crippen LogP contribution in [0, 0.1) is 0 Å². The highest BCUT2D eigenvalue weighted by Gasteiger charge is 2.18. The largest absolute Gasteiger partial charge is 0.456 e. The lowest BCUT2D eigenvalue weighted by atomic mass is 9.92. The van der Waals surface area contributed by atoms with Gasteiger partial charge in [-0.3, -0.25) is 0 Å². The molecule has 0 N–H and O–H groups in total. The third-order valence-electron chi connectivity index (χ3n) is 11.2. The molecule has 0 unspecified atom stereocenters. The van der Waals surface area contributed by atoms with E-state index < -0.39 is 0 Å². The van der Waals surface area contributed by atoms with Gasteiger partial charge in [0.2, 0.25) is 0 Å². The molecular weight excluding hydrogens is 679 g/mol. The van der Waals surface area contributed by atoms with Crippen molar-refractivity contribution in [2.24, 2.45) is 0 Å². The van der Waals surface area contributed by atoms with E-state index >= 15 is 0 Å². The van der Waals surface area contributed by atoms with Crippen LogP contribution in [0.15, 0.2) is 217 Å². The summed E-state index contributed by atoms with van der Waals surface area (Å²) in [5.41, 5.74) is 12.2. The van der Waals surface area contributed by atoms with Crippen LogP contribution < -0.4 is 4.90 Å². The van der Waals surface area contributed by atoms with E-state index in [-0.39, 0.29) is 0 Å². The van der Waals surface area contributed by atoms with Crippen molar-refractivity contribution < 1.29 is 4.42 Å². The average molecular weight is 714 g/mol. The number of benzene rings is 10. The first-order valence-corrected chi connectivity index (χ1v) is 19.2. The molecule has 10 aromatic carbocycles. The fourth-order valence-corrected chi connectivity index (χ4v) is 8.45. The van der Waals surface area contributed by atoms with E-state index in [0.717, 1.165) is 44.6 Å². The molecule has 11 rings (SSSR count). The molecule has 0 spiro atoms. The molecule has 0 atom stereocenters. The Morgan fingerprint density at radius 1 is 0.268 bits per heavy atom. The van der Waals surface area contributed by atoms with Gasteiger partial charge in [-0.15, -0.1) is 0 Å². The van der Waals surface area contributed by atoms with Crippen molar-refractivity contribution in [3.8, 4) is 33.4 Å². The van der Waals surface area contributed by atoms with E-state index in [1.165, 1.54) is 60.1 Å². The van der Waals surface area contributed by atoms with Crippen LogP contribution >= 0.6 is 0 Å². The quantitative estimate of drug-likeness (QED) is 0.160. The number of anilines is 3. The number of hydrogen-bond acceptors (Lipinski definition) is 2. The van der Waals surface area contributed by atoms with E-state index in [9.17, 15) is 0 Å². The van der Waals surface area contributed by atoms with Gasteiger partial charge in [0.05, 0.1) is 0 Å². The Hall–Kier alpha value is -7.42. The normalized spacial score (nSPS) is 11.6. The number of hydrogen-bond donors (Lipinski definition) is 0. The maximum absolute atomic E-state index is 6.43. The Morgan fingerprint density at radius 3 is 1.66 bits per heavy atom. The molecule has 1 heterocycles. The fourth-order valence-electron chi connectivity index (χ4n) is 8.45. The molecule has 262 valence electrons. The predicted molar refractivity (Wildman–Crippen MR) is 237 cm³/mol. The first kappa shape index (κ1) is 32.0. The maximum Gasteiger partial charge on any atom is 0.136 e. The van der Waals surface area contributed by atoms with E-state index in [1.54, 1.807) is 0 Å². The van der Waals surface area contributed by atoms with E-state index in [0.29, 0.717) is 0 Å². The van der Waals surface area contributed by atoms with Crippen molar-refractivity contribution in [3.63, 3.8) is 0 Å². The van der Waals surface area contributed by atoms with Gasteiger partial charge in [-0.05, 0) is 132 Å². The molecule has 2 heteroatoms. The number of fused-ring (bicyclic) bond motifs is 7. The molecular formula is C54H35NO. The van der Waals surface area contributed by atoms with Gasteiger partial charge >= 0.3 is 0 Å². The van der Waals surface area contributed by atoms with E-state index in [2.05, 4.69) is 217 Å². The summed E-state index contributed by atoms with van der Waals surface area (Å²) in [5.74, 6) is 0. The summed E-state index contributed by atoms with van der Waals surface area (Å²) in [4.78, 5) is 2.36. The zero-order valence-corrected chi connectivity index (χ0v) is 30.6. The summed E-state index contributed by atoms with van der Waals surface area (Å²) >= 11 is 0. The molecule has 0 radical (unpaired) electrons. The minimum Gasteiger partial charge on any atom is -0.456 e. The minimum absolute atomic E-state index is 0.880. The Bertz CT molecular complexity index is 3250. The topological polar surface area (TPSA) is 16.4 Å². The lowest BCUT2D eigenvalue weighted by molar-refractivity contribution is 0.669. The van der Waals surface area contributed by atoms with Crippen LogP contribution in [0.2, 0.25) is 0 Å². The maximum atomic E-state index is 6.43. The Labute approximate surface area is 325 Å². The zero-order valence-electron chi connectivity index (χ0n) is 30.6. The second-order valence-corrected chi connectivity index (χ2v) is 14.5. The van der Waals surface area contributed by atoms with Gasteiger partial charge in [-0.25, -0.2) is 0 Å². The van der Waals surface area contributed by atoms with Crippen molar-refractivity contribution in [2.75, 3.05) is 4.90 Å². The molecule has 0 saturated heterocycles. The SMILES string of the molecule is c1ccc(-c2ccc(N(c3cccc(-c4cccc(-c5cc6ccccc6c6ccccc56)c4)c3)c3ccc4oc5cc6ccccc6cc5c4c3)cc2)cc1. The van der Waals surface area contributed by atoms with Crippen LogP contribution in [0.5, 0.6) is 0 Å². The van der Waals surface area contributed by atoms with E-state index in [4.69, 9.17) is 4.42 Å². The molecule has 0 saturated carbocycles. The van der Waals surface area contributed by atoms with Gasteiger partial charge in [0.15, 0.2) is 0 Å². The Balaban J connectivity index is 1.05. The molecule has 0 amide bonds. The molecule has 0 aliphatic heterocycles. The monoisotopic (exact) mass is 713 g/mol. The van der Waals surface area contributed by atoms with Crippen molar-refractivity contribution in [1.82, 2.24) is 0 Å². The van der Waals surface area contributed by atoms with Crippen LogP contribution in [0.4, 0.5) is 17.1 Å². The first-order valence-electron chi connectivity index (χ1n) is 19.2.